The van der Waals surface area contributed by atoms with Crippen LogP contribution in [0.2, 0.25) is 0 Å². The van der Waals surface area contributed by atoms with Gasteiger partial charge in [-0.2, -0.15) is 5.10 Å². The molecule has 0 N–H and O–H groups in total. The number of rotatable bonds is 3. The highest BCUT2D eigenvalue weighted by molar-refractivity contribution is 6.00. The van der Waals surface area contributed by atoms with Crippen molar-refractivity contribution in [3.63, 3.8) is 0 Å². The first-order valence-corrected chi connectivity index (χ1v) is 9.97. The number of hydrogen-bond donors (Lipinski definition) is 0. The van der Waals surface area contributed by atoms with Crippen LogP contribution >= 0.6 is 0 Å². The van der Waals surface area contributed by atoms with E-state index in [-0.39, 0.29) is 28.5 Å². The minimum Gasteiger partial charge on any atom is -0.336 e. The van der Waals surface area contributed by atoms with Crippen LogP contribution in [0.5, 0.6) is 0 Å². The van der Waals surface area contributed by atoms with E-state index >= 15 is 0 Å². The molecule has 2 aromatic heterocycles. The number of alkyl halides is 2. The molecule has 1 atom stereocenters. The van der Waals surface area contributed by atoms with E-state index in [1.165, 1.54) is 36.5 Å². The van der Waals surface area contributed by atoms with Crippen LogP contribution in [0.25, 0.3) is 16.9 Å². The lowest BCUT2D eigenvalue weighted by molar-refractivity contribution is 0.0573. The molecule has 0 bridgehead atoms. The van der Waals surface area contributed by atoms with Crippen LogP contribution in [0.15, 0.2) is 36.5 Å². The molecule has 1 aromatic carbocycles. The number of carbonyl (C=O) groups is 1. The molecule has 6 nitrogen and oxygen atoms in total. The van der Waals surface area contributed by atoms with Crippen molar-refractivity contribution in [3.8, 4) is 11.3 Å². The number of aromatic nitrogens is 3. The largest absolute Gasteiger partial charge is 0.336 e. The molecular formula is C21H20F3N5O. The molecule has 2 fully saturated rings. The Morgan fingerprint density at radius 1 is 1.13 bits per heavy atom. The zero-order valence-corrected chi connectivity index (χ0v) is 16.1. The lowest BCUT2D eigenvalue weighted by atomic mass is 10.1. The van der Waals surface area contributed by atoms with Crippen LogP contribution in [0.1, 0.15) is 35.3 Å². The molecule has 1 amide bonds. The first-order chi connectivity index (χ1) is 14.5. The lowest BCUT2D eigenvalue weighted by Gasteiger charge is -2.37. The Labute approximate surface area is 170 Å². The normalized spacial score (nSPS) is 19.6. The maximum atomic E-state index is 13.7. The van der Waals surface area contributed by atoms with E-state index in [0.29, 0.717) is 24.7 Å². The van der Waals surface area contributed by atoms with E-state index in [1.54, 1.807) is 4.90 Å². The summed E-state index contributed by atoms with van der Waals surface area (Å²) in [6.07, 6.45) is 0.691. The van der Waals surface area contributed by atoms with Crippen molar-refractivity contribution >= 4 is 11.6 Å². The fourth-order valence-electron chi connectivity index (χ4n) is 4.41. The Hall–Kier alpha value is -2.94. The maximum Gasteiger partial charge on any atom is 0.280 e. The second-order valence-corrected chi connectivity index (χ2v) is 7.75. The number of hydrogen-bond acceptors (Lipinski definition) is 4. The summed E-state index contributed by atoms with van der Waals surface area (Å²) in [5.74, 6) is -0.680. The summed E-state index contributed by atoms with van der Waals surface area (Å²) in [6, 6.07) is 7.01. The van der Waals surface area contributed by atoms with Crippen molar-refractivity contribution in [1.29, 1.82) is 0 Å². The lowest BCUT2D eigenvalue weighted by Crippen LogP contribution is -2.52. The number of piperazine rings is 1. The standard InChI is InChI=1S/C21H20F3N5O/c22-14-5-3-13(4-6-14)17-10-18(19(23)24)29-20(26-17)16(11-25-29)21(30)28-9-8-27-7-1-2-15(27)12-28/h3-6,10-11,15,19H,1-2,7-9,12H2/t15-/m1/s1. The van der Waals surface area contributed by atoms with Crippen molar-refractivity contribution < 1.29 is 18.0 Å². The number of halogens is 3. The highest BCUT2D eigenvalue weighted by Gasteiger charge is 2.34. The van der Waals surface area contributed by atoms with E-state index in [4.69, 9.17) is 0 Å². The van der Waals surface area contributed by atoms with Crippen molar-refractivity contribution in [3.05, 3.63) is 53.6 Å². The predicted octanol–water partition coefficient (Wildman–Crippen LogP) is 3.39. The Morgan fingerprint density at radius 3 is 2.70 bits per heavy atom. The van der Waals surface area contributed by atoms with Gasteiger partial charge in [0.1, 0.15) is 17.1 Å². The van der Waals surface area contributed by atoms with E-state index in [0.717, 1.165) is 30.4 Å². The van der Waals surface area contributed by atoms with Crippen LogP contribution in [0.4, 0.5) is 13.2 Å². The quantitative estimate of drug-likeness (QED) is 0.658. The van der Waals surface area contributed by atoms with E-state index in [9.17, 15) is 18.0 Å². The summed E-state index contributed by atoms with van der Waals surface area (Å²) in [5.41, 5.74) is 0.658. The van der Waals surface area contributed by atoms with Crippen LogP contribution in [-0.4, -0.2) is 62.5 Å². The summed E-state index contributed by atoms with van der Waals surface area (Å²) >= 11 is 0. The van der Waals surface area contributed by atoms with Gasteiger partial charge in [0, 0.05) is 31.2 Å². The number of carbonyl (C=O) groups excluding carboxylic acids is 1. The smallest absolute Gasteiger partial charge is 0.280 e. The minimum absolute atomic E-state index is 0.0889. The molecule has 0 spiro atoms. The number of fused-ring (bicyclic) bond motifs is 2. The van der Waals surface area contributed by atoms with Gasteiger partial charge in [-0.05, 0) is 49.7 Å². The highest BCUT2D eigenvalue weighted by atomic mass is 19.3. The molecule has 4 heterocycles. The summed E-state index contributed by atoms with van der Waals surface area (Å²) in [4.78, 5) is 21.8. The molecule has 0 aliphatic carbocycles. The molecular weight excluding hydrogens is 395 g/mol. The summed E-state index contributed by atoms with van der Waals surface area (Å²) in [7, 11) is 0. The molecule has 156 valence electrons. The molecule has 3 aromatic rings. The first-order valence-electron chi connectivity index (χ1n) is 9.97. The van der Waals surface area contributed by atoms with E-state index < -0.39 is 12.2 Å². The Bertz CT molecular complexity index is 1100. The Kier molecular flexibility index (Phi) is 4.69. The average molecular weight is 415 g/mol. The van der Waals surface area contributed by atoms with Gasteiger partial charge in [0.15, 0.2) is 5.65 Å². The fourth-order valence-corrected chi connectivity index (χ4v) is 4.41. The summed E-state index contributed by atoms with van der Waals surface area (Å²) in [6.45, 7) is 3.08. The SMILES string of the molecule is O=C(c1cnn2c(C(F)F)cc(-c3ccc(F)cc3)nc12)N1CCN2CCC[C@@H]2C1. The Balaban J connectivity index is 1.55. The van der Waals surface area contributed by atoms with E-state index in [2.05, 4.69) is 15.0 Å². The Morgan fingerprint density at radius 2 is 1.93 bits per heavy atom. The highest BCUT2D eigenvalue weighted by Crippen LogP contribution is 2.28. The maximum absolute atomic E-state index is 13.7. The van der Waals surface area contributed by atoms with Gasteiger partial charge in [0.25, 0.3) is 12.3 Å². The topological polar surface area (TPSA) is 53.7 Å². The predicted molar refractivity (Wildman–Crippen MR) is 104 cm³/mol. The third-order valence-electron chi connectivity index (χ3n) is 5.97. The molecule has 0 saturated carbocycles. The fraction of sp³-hybridized carbons (Fsp3) is 0.381. The summed E-state index contributed by atoms with van der Waals surface area (Å²) < 4.78 is 41.7. The summed E-state index contributed by atoms with van der Waals surface area (Å²) in [5, 5.41) is 4.03. The van der Waals surface area contributed by atoms with Crippen LogP contribution in [-0.2, 0) is 0 Å². The second kappa shape index (κ2) is 7.39. The third-order valence-corrected chi connectivity index (χ3v) is 5.97. The van der Waals surface area contributed by atoms with Crippen LogP contribution in [0, 0.1) is 5.82 Å². The third kappa shape index (κ3) is 3.23. The average Bonchev–Trinajstić information content (AvgIpc) is 3.39. The first kappa shape index (κ1) is 19.0. The van der Waals surface area contributed by atoms with Crippen molar-refractivity contribution in [1.82, 2.24) is 24.4 Å². The molecule has 0 radical (unpaired) electrons. The monoisotopic (exact) mass is 415 g/mol. The number of amides is 1. The van der Waals surface area contributed by atoms with Crippen molar-refractivity contribution in [2.24, 2.45) is 0 Å². The van der Waals surface area contributed by atoms with Crippen LogP contribution in [0.3, 0.4) is 0 Å². The van der Waals surface area contributed by atoms with Gasteiger partial charge in [0.2, 0.25) is 0 Å². The minimum atomic E-state index is -2.81. The molecule has 0 unspecified atom stereocenters. The van der Waals surface area contributed by atoms with Gasteiger partial charge in [-0.3, -0.25) is 9.69 Å². The number of benzene rings is 1. The molecule has 2 saturated heterocycles. The molecule has 5 rings (SSSR count). The molecule has 30 heavy (non-hydrogen) atoms. The zero-order valence-electron chi connectivity index (χ0n) is 16.1. The number of nitrogens with zero attached hydrogens (tertiary/aromatic N) is 5. The van der Waals surface area contributed by atoms with Crippen molar-refractivity contribution in [2.75, 3.05) is 26.2 Å². The van der Waals surface area contributed by atoms with E-state index in [1.807, 2.05) is 0 Å². The second-order valence-electron chi connectivity index (χ2n) is 7.75. The van der Waals surface area contributed by atoms with Crippen molar-refractivity contribution in [2.45, 2.75) is 25.3 Å². The molecule has 2 aliphatic heterocycles. The molecule has 2 aliphatic rings. The van der Waals surface area contributed by atoms with Crippen LogP contribution < -0.4 is 0 Å². The van der Waals surface area contributed by atoms with Gasteiger partial charge >= 0.3 is 0 Å². The van der Waals surface area contributed by atoms with Gasteiger partial charge < -0.3 is 4.90 Å². The van der Waals surface area contributed by atoms with Gasteiger partial charge in [-0.1, -0.05) is 0 Å². The van der Waals surface area contributed by atoms with Gasteiger partial charge in [0.05, 0.1) is 11.9 Å². The molecule has 9 heteroatoms. The van der Waals surface area contributed by atoms with Gasteiger partial charge in [-0.25, -0.2) is 22.7 Å². The van der Waals surface area contributed by atoms with Gasteiger partial charge in [-0.15, -0.1) is 0 Å². The zero-order chi connectivity index (χ0) is 20.8.